The van der Waals surface area contributed by atoms with E-state index in [0.29, 0.717) is 5.22 Å². The van der Waals surface area contributed by atoms with Gasteiger partial charge in [0.1, 0.15) is 5.52 Å². The average Bonchev–Trinajstić information content (AvgIpc) is 2.76. The Morgan fingerprint density at radius 3 is 3.18 bits per heavy atom. The van der Waals surface area contributed by atoms with E-state index in [1.54, 1.807) is 6.92 Å². The number of carbonyl (C=O) groups is 1. The summed E-state index contributed by atoms with van der Waals surface area (Å²) in [6.07, 6.45) is 1.52. The van der Waals surface area contributed by atoms with E-state index in [-0.39, 0.29) is 11.7 Å². The van der Waals surface area contributed by atoms with Gasteiger partial charge in [0, 0.05) is 6.21 Å². The first-order valence-corrected chi connectivity index (χ1v) is 6.03. The number of amides is 1. The van der Waals surface area contributed by atoms with Crippen LogP contribution in [0.25, 0.3) is 11.1 Å². The van der Waals surface area contributed by atoms with Gasteiger partial charge in [-0.25, -0.2) is 10.4 Å². The molecule has 0 saturated carbocycles. The minimum Gasteiger partial charge on any atom is -0.431 e. The van der Waals surface area contributed by atoms with Crippen LogP contribution < -0.4 is 5.43 Å². The lowest BCUT2D eigenvalue weighted by atomic mass is 10.3. The molecule has 17 heavy (non-hydrogen) atoms. The van der Waals surface area contributed by atoms with Crippen molar-refractivity contribution in [3.05, 3.63) is 24.3 Å². The standard InChI is InChI=1S/C11H11N3O2S/c1-2-12-14-10(15)7-17-11-13-8-5-3-4-6-9(8)16-11/h2-6H,7H2,1H3,(H,14,15)/b12-2-. The summed E-state index contributed by atoms with van der Waals surface area (Å²) in [4.78, 5) is 15.5. The van der Waals surface area contributed by atoms with Crippen molar-refractivity contribution in [1.29, 1.82) is 0 Å². The predicted octanol–water partition coefficient (Wildman–Crippen LogP) is 2.04. The molecule has 0 aliphatic rings. The van der Waals surface area contributed by atoms with E-state index < -0.39 is 0 Å². The maximum Gasteiger partial charge on any atom is 0.257 e. The maximum absolute atomic E-state index is 11.3. The van der Waals surface area contributed by atoms with E-state index in [1.807, 2.05) is 24.3 Å². The number of hydrazone groups is 1. The molecule has 0 unspecified atom stereocenters. The van der Waals surface area contributed by atoms with Crippen LogP contribution in [0.2, 0.25) is 0 Å². The third-order valence-corrected chi connectivity index (χ3v) is 2.75. The van der Waals surface area contributed by atoms with Crippen LogP contribution in [0.5, 0.6) is 0 Å². The van der Waals surface area contributed by atoms with Crippen LogP contribution in [0.4, 0.5) is 0 Å². The Hall–Kier alpha value is -1.82. The number of para-hydroxylation sites is 2. The van der Waals surface area contributed by atoms with Crippen LogP contribution in [-0.2, 0) is 4.79 Å². The van der Waals surface area contributed by atoms with E-state index >= 15 is 0 Å². The molecule has 0 saturated heterocycles. The molecule has 0 atom stereocenters. The van der Waals surface area contributed by atoms with Crippen molar-refractivity contribution in [2.45, 2.75) is 12.1 Å². The third kappa shape index (κ3) is 3.07. The smallest absolute Gasteiger partial charge is 0.257 e. The second-order valence-electron chi connectivity index (χ2n) is 3.16. The van der Waals surface area contributed by atoms with Gasteiger partial charge >= 0.3 is 0 Å². The Balaban J connectivity index is 1.97. The van der Waals surface area contributed by atoms with Crippen molar-refractivity contribution in [1.82, 2.24) is 10.4 Å². The minimum absolute atomic E-state index is 0.185. The topological polar surface area (TPSA) is 67.5 Å². The largest absolute Gasteiger partial charge is 0.431 e. The first-order chi connectivity index (χ1) is 8.29. The van der Waals surface area contributed by atoms with Gasteiger partial charge in [-0.2, -0.15) is 5.10 Å². The molecular formula is C11H11N3O2S. The molecule has 88 valence electrons. The van der Waals surface area contributed by atoms with Gasteiger partial charge in [-0.15, -0.1) is 0 Å². The SMILES string of the molecule is C/C=N\NC(=O)CSc1nc2ccccc2o1. The zero-order valence-electron chi connectivity index (χ0n) is 9.21. The first-order valence-electron chi connectivity index (χ1n) is 5.04. The number of fused-ring (bicyclic) bond motifs is 1. The average molecular weight is 249 g/mol. The fourth-order valence-electron chi connectivity index (χ4n) is 1.21. The number of thioether (sulfide) groups is 1. The summed E-state index contributed by atoms with van der Waals surface area (Å²) in [6.45, 7) is 1.73. The molecular weight excluding hydrogens is 238 g/mol. The van der Waals surface area contributed by atoms with Crippen LogP contribution in [-0.4, -0.2) is 22.9 Å². The molecule has 0 bridgehead atoms. The number of oxazole rings is 1. The Labute approximate surface area is 102 Å². The van der Waals surface area contributed by atoms with Crippen molar-refractivity contribution < 1.29 is 9.21 Å². The van der Waals surface area contributed by atoms with Crippen LogP contribution in [0.1, 0.15) is 6.92 Å². The number of hydrogen-bond donors (Lipinski definition) is 1. The summed E-state index contributed by atoms with van der Waals surface area (Å²) in [5.41, 5.74) is 3.89. The summed E-state index contributed by atoms with van der Waals surface area (Å²) in [5.74, 6) is 0.0415. The zero-order valence-corrected chi connectivity index (χ0v) is 10.0. The van der Waals surface area contributed by atoms with Gasteiger partial charge in [-0.1, -0.05) is 23.9 Å². The van der Waals surface area contributed by atoms with Gasteiger partial charge in [-0.3, -0.25) is 4.79 Å². The molecule has 5 nitrogen and oxygen atoms in total. The predicted molar refractivity (Wildman–Crippen MR) is 67.0 cm³/mol. The lowest BCUT2D eigenvalue weighted by molar-refractivity contribution is -0.118. The number of carbonyl (C=O) groups excluding carboxylic acids is 1. The molecule has 0 fully saturated rings. The summed E-state index contributed by atoms with van der Waals surface area (Å²) in [5, 5.41) is 4.13. The lowest BCUT2D eigenvalue weighted by Gasteiger charge is -1.95. The molecule has 1 aromatic carbocycles. The fourth-order valence-corrected chi connectivity index (χ4v) is 1.84. The third-order valence-electron chi connectivity index (χ3n) is 1.92. The molecule has 0 aliphatic heterocycles. The van der Waals surface area contributed by atoms with Gasteiger partial charge in [0.05, 0.1) is 5.75 Å². The second kappa shape index (κ2) is 5.49. The summed E-state index contributed by atoms with van der Waals surface area (Å²) >= 11 is 1.24. The fraction of sp³-hybridized carbons (Fsp3) is 0.182. The Morgan fingerprint density at radius 2 is 2.41 bits per heavy atom. The molecule has 1 heterocycles. The van der Waals surface area contributed by atoms with Crippen molar-refractivity contribution in [2.75, 3.05) is 5.75 Å². The van der Waals surface area contributed by atoms with Crippen molar-refractivity contribution in [3.8, 4) is 0 Å². The normalized spacial score (nSPS) is 11.1. The molecule has 0 aliphatic carbocycles. The summed E-state index contributed by atoms with van der Waals surface area (Å²) in [7, 11) is 0. The number of benzene rings is 1. The van der Waals surface area contributed by atoms with E-state index in [1.165, 1.54) is 18.0 Å². The monoisotopic (exact) mass is 249 g/mol. The van der Waals surface area contributed by atoms with Gasteiger partial charge in [0.25, 0.3) is 11.1 Å². The molecule has 0 spiro atoms. The molecule has 6 heteroatoms. The lowest BCUT2D eigenvalue weighted by Crippen LogP contribution is -2.19. The number of nitrogens with zero attached hydrogens (tertiary/aromatic N) is 2. The highest BCUT2D eigenvalue weighted by Crippen LogP contribution is 2.22. The molecule has 2 rings (SSSR count). The first kappa shape index (κ1) is 11.7. The number of aromatic nitrogens is 1. The molecule has 0 radical (unpaired) electrons. The van der Waals surface area contributed by atoms with Crippen molar-refractivity contribution in [3.63, 3.8) is 0 Å². The zero-order chi connectivity index (χ0) is 12.1. The summed E-state index contributed by atoms with van der Waals surface area (Å²) < 4.78 is 5.46. The number of hydrogen-bond acceptors (Lipinski definition) is 5. The quantitative estimate of drug-likeness (QED) is 0.511. The van der Waals surface area contributed by atoms with Crippen LogP contribution in [0.3, 0.4) is 0 Å². The van der Waals surface area contributed by atoms with Gasteiger partial charge in [-0.05, 0) is 19.1 Å². The van der Waals surface area contributed by atoms with E-state index in [2.05, 4.69) is 15.5 Å². The van der Waals surface area contributed by atoms with E-state index in [9.17, 15) is 4.79 Å². The second-order valence-corrected chi connectivity index (χ2v) is 4.09. The summed E-state index contributed by atoms with van der Waals surface area (Å²) in [6, 6.07) is 7.48. The van der Waals surface area contributed by atoms with Gasteiger partial charge in [0.2, 0.25) is 0 Å². The van der Waals surface area contributed by atoms with Gasteiger partial charge < -0.3 is 4.42 Å². The highest BCUT2D eigenvalue weighted by molar-refractivity contribution is 7.99. The minimum atomic E-state index is -0.185. The Morgan fingerprint density at radius 1 is 1.59 bits per heavy atom. The Bertz CT molecular complexity index is 517. The van der Waals surface area contributed by atoms with Crippen LogP contribution >= 0.6 is 11.8 Å². The highest BCUT2D eigenvalue weighted by Gasteiger charge is 2.08. The van der Waals surface area contributed by atoms with E-state index in [4.69, 9.17) is 4.42 Å². The van der Waals surface area contributed by atoms with Crippen molar-refractivity contribution in [2.24, 2.45) is 5.10 Å². The maximum atomic E-state index is 11.3. The Kier molecular flexibility index (Phi) is 3.77. The van der Waals surface area contributed by atoms with Crippen LogP contribution in [0, 0.1) is 0 Å². The molecule has 1 amide bonds. The number of nitrogens with one attached hydrogen (secondary N) is 1. The van der Waals surface area contributed by atoms with E-state index in [0.717, 1.165) is 11.1 Å². The molecule has 2 aromatic rings. The number of rotatable bonds is 4. The van der Waals surface area contributed by atoms with Crippen LogP contribution in [0.15, 0.2) is 39.0 Å². The molecule has 1 aromatic heterocycles. The highest BCUT2D eigenvalue weighted by atomic mass is 32.2. The van der Waals surface area contributed by atoms with Gasteiger partial charge in [0.15, 0.2) is 5.58 Å². The van der Waals surface area contributed by atoms with Crippen molar-refractivity contribution >= 4 is 35.0 Å². The molecule has 1 N–H and O–H groups in total.